The second kappa shape index (κ2) is 6.73. The SMILES string of the molecule is Cc1cc(C(F)(F)F)nn1C(C)C(=O)O/N=C(\N)c1ccccc1. The van der Waals surface area contributed by atoms with Crippen molar-refractivity contribution in [1.82, 2.24) is 9.78 Å². The van der Waals surface area contributed by atoms with Crippen molar-refractivity contribution >= 4 is 11.8 Å². The minimum Gasteiger partial charge on any atom is -0.380 e. The van der Waals surface area contributed by atoms with Gasteiger partial charge in [0.1, 0.15) is 6.04 Å². The summed E-state index contributed by atoms with van der Waals surface area (Å²) in [6.07, 6.45) is -4.59. The molecule has 2 rings (SSSR count). The summed E-state index contributed by atoms with van der Waals surface area (Å²) >= 11 is 0. The Morgan fingerprint density at radius 1 is 1.33 bits per heavy atom. The van der Waals surface area contributed by atoms with Crippen molar-refractivity contribution < 1.29 is 22.8 Å². The molecule has 1 atom stereocenters. The first kappa shape index (κ1) is 17.5. The molecule has 0 bridgehead atoms. The lowest BCUT2D eigenvalue weighted by atomic mass is 10.2. The molecule has 0 saturated carbocycles. The minimum atomic E-state index is -4.59. The molecular weight excluding hydrogens is 325 g/mol. The Morgan fingerprint density at radius 3 is 2.50 bits per heavy atom. The number of oxime groups is 1. The molecule has 1 unspecified atom stereocenters. The minimum absolute atomic E-state index is 0.0238. The van der Waals surface area contributed by atoms with E-state index >= 15 is 0 Å². The second-order valence-corrected chi connectivity index (χ2v) is 5.04. The summed E-state index contributed by atoms with van der Waals surface area (Å²) in [6.45, 7) is 2.77. The lowest BCUT2D eigenvalue weighted by molar-refractivity contribution is -0.148. The van der Waals surface area contributed by atoms with Crippen LogP contribution in [0.5, 0.6) is 0 Å². The highest BCUT2D eigenvalue weighted by Gasteiger charge is 2.35. The fourth-order valence-electron chi connectivity index (χ4n) is 1.95. The van der Waals surface area contributed by atoms with Crippen molar-refractivity contribution in [3.05, 3.63) is 53.3 Å². The van der Waals surface area contributed by atoms with Gasteiger partial charge in [0.25, 0.3) is 0 Å². The van der Waals surface area contributed by atoms with Gasteiger partial charge in [0.2, 0.25) is 0 Å². The Balaban J connectivity index is 2.12. The van der Waals surface area contributed by atoms with E-state index in [2.05, 4.69) is 10.3 Å². The molecule has 0 aliphatic carbocycles. The number of amidine groups is 1. The molecule has 1 aromatic heterocycles. The molecule has 0 radical (unpaired) electrons. The number of carbonyl (C=O) groups is 1. The van der Waals surface area contributed by atoms with Crippen LogP contribution in [0.25, 0.3) is 0 Å². The summed E-state index contributed by atoms with van der Waals surface area (Å²) in [6, 6.07) is 8.34. The molecule has 6 nitrogen and oxygen atoms in total. The van der Waals surface area contributed by atoms with Gasteiger partial charge in [0.05, 0.1) is 0 Å². The van der Waals surface area contributed by atoms with Crippen LogP contribution < -0.4 is 5.73 Å². The molecule has 0 aliphatic heterocycles. The Kier molecular flexibility index (Phi) is 4.91. The van der Waals surface area contributed by atoms with Crippen molar-refractivity contribution in [3.63, 3.8) is 0 Å². The predicted molar refractivity (Wildman–Crippen MR) is 79.9 cm³/mol. The van der Waals surface area contributed by atoms with Gasteiger partial charge >= 0.3 is 12.1 Å². The third kappa shape index (κ3) is 3.92. The quantitative estimate of drug-likeness (QED) is 0.401. The number of aromatic nitrogens is 2. The van der Waals surface area contributed by atoms with Crippen LogP contribution in [0.15, 0.2) is 41.6 Å². The van der Waals surface area contributed by atoms with Crippen molar-refractivity contribution in [2.24, 2.45) is 10.9 Å². The lowest BCUT2D eigenvalue weighted by Crippen LogP contribution is -2.22. The molecular formula is C15H15F3N4O2. The van der Waals surface area contributed by atoms with Crippen molar-refractivity contribution in [2.45, 2.75) is 26.1 Å². The Morgan fingerprint density at radius 2 is 1.96 bits per heavy atom. The Bertz CT molecular complexity index is 754. The molecule has 1 aromatic carbocycles. The average molecular weight is 340 g/mol. The van der Waals surface area contributed by atoms with Crippen LogP contribution in [0.1, 0.15) is 29.9 Å². The summed E-state index contributed by atoms with van der Waals surface area (Å²) < 4.78 is 38.9. The number of benzene rings is 1. The molecule has 0 aliphatic rings. The van der Waals surface area contributed by atoms with E-state index < -0.39 is 23.9 Å². The van der Waals surface area contributed by atoms with Gasteiger partial charge in [-0.25, -0.2) is 4.79 Å². The first-order valence-electron chi connectivity index (χ1n) is 6.93. The standard InChI is InChI=1S/C15H15F3N4O2/c1-9-8-12(15(16,17)18)20-22(9)10(2)14(23)24-21-13(19)11-6-4-3-5-7-11/h3-8,10H,1-2H3,(H2,19,21). The van der Waals surface area contributed by atoms with E-state index in [0.29, 0.717) is 5.56 Å². The highest BCUT2D eigenvalue weighted by atomic mass is 19.4. The maximum atomic E-state index is 12.7. The van der Waals surface area contributed by atoms with Gasteiger partial charge in [-0.1, -0.05) is 35.5 Å². The molecule has 0 amide bonds. The molecule has 128 valence electrons. The van der Waals surface area contributed by atoms with Gasteiger partial charge < -0.3 is 10.6 Å². The molecule has 0 fully saturated rings. The van der Waals surface area contributed by atoms with Crippen LogP contribution in [0.2, 0.25) is 0 Å². The number of carbonyl (C=O) groups excluding carboxylic acids is 1. The maximum Gasteiger partial charge on any atom is 0.435 e. The molecule has 2 aromatic rings. The molecule has 24 heavy (non-hydrogen) atoms. The number of halogens is 3. The maximum absolute atomic E-state index is 12.7. The van der Waals surface area contributed by atoms with Gasteiger partial charge in [-0.2, -0.15) is 18.3 Å². The van der Waals surface area contributed by atoms with Crippen LogP contribution >= 0.6 is 0 Å². The van der Waals surface area contributed by atoms with E-state index in [4.69, 9.17) is 10.6 Å². The second-order valence-electron chi connectivity index (χ2n) is 5.04. The third-order valence-electron chi connectivity index (χ3n) is 3.22. The number of hydrogen-bond donors (Lipinski definition) is 1. The highest BCUT2D eigenvalue weighted by molar-refractivity contribution is 5.97. The van der Waals surface area contributed by atoms with E-state index in [1.807, 2.05) is 0 Å². The van der Waals surface area contributed by atoms with Gasteiger partial charge in [-0.15, -0.1) is 0 Å². The van der Waals surface area contributed by atoms with Gasteiger partial charge in [0.15, 0.2) is 11.5 Å². The van der Waals surface area contributed by atoms with Crippen molar-refractivity contribution in [2.75, 3.05) is 0 Å². The number of hydrogen-bond acceptors (Lipinski definition) is 4. The zero-order valence-electron chi connectivity index (χ0n) is 12.9. The number of aryl methyl sites for hydroxylation is 1. The number of alkyl halides is 3. The average Bonchev–Trinajstić information content (AvgIpc) is 2.94. The van der Waals surface area contributed by atoms with E-state index in [9.17, 15) is 18.0 Å². The van der Waals surface area contributed by atoms with Crippen molar-refractivity contribution in [1.29, 1.82) is 0 Å². The van der Waals surface area contributed by atoms with Crippen LogP contribution in [0, 0.1) is 6.92 Å². The normalized spacial score (nSPS) is 13.6. The predicted octanol–water partition coefficient (Wildman–Crippen LogP) is 2.64. The first-order valence-corrected chi connectivity index (χ1v) is 6.93. The van der Waals surface area contributed by atoms with Crippen LogP contribution in [0.4, 0.5) is 13.2 Å². The van der Waals surface area contributed by atoms with Crippen LogP contribution in [0.3, 0.4) is 0 Å². The highest BCUT2D eigenvalue weighted by Crippen LogP contribution is 2.29. The number of nitrogens with zero attached hydrogens (tertiary/aromatic N) is 3. The van der Waals surface area contributed by atoms with Crippen LogP contribution in [-0.2, 0) is 15.8 Å². The summed E-state index contributed by atoms with van der Waals surface area (Å²) in [5.74, 6) is -0.905. The molecule has 1 heterocycles. The lowest BCUT2D eigenvalue weighted by Gasteiger charge is -2.11. The van der Waals surface area contributed by atoms with E-state index in [1.54, 1.807) is 30.3 Å². The van der Waals surface area contributed by atoms with E-state index in [1.165, 1.54) is 13.8 Å². The largest absolute Gasteiger partial charge is 0.435 e. The fraction of sp³-hybridized carbons (Fsp3) is 0.267. The fourth-order valence-corrected chi connectivity index (χ4v) is 1.95. The van der Waals surface area contributed by atoms with Crippen LogP contribution in [-0.4, -0.2) is 21.6 Å². The van der Waals surface area contributed by atoms with E-state index in [0.717, 1.165) is 10.7 Å². The molecule has 0 spiro atoms. The van der Waals surface area contributed by atoms with Gasteiger partial charge in [-0.3, -0.25) is 4.68 Å². The monoisotopic (exact) mass is 340 g/mol. The Labute approximate surface area is 135 Å². The van der Waals surface area contributed by atoms with E-state index in [-0.39, 0.29) is 11.5 Å². The van der Waals surface area contributed by atoms with Crippen molar-refractivity contribution in [3.8, 4) is 0 Å². The summed E-state index contributed by atoms with van der Waals surface area (Å²) in [7, 11) is 0. The smallest absolute Gasteiger partial charge is 0.380 e. The number of rotatable bonds is 4. The Hall–Kier alpha value is -2.84. The summed E-state index contributed by atoms with van der Waals surface area (Å²) in [5.41, 5.74) is 5.32. The summed E-state index contributed by atoms with van der Waals surface area (Å²) in [5, 5.41) is 6.91. The molecule has 9 heteroatoms. The van der Waals surface area contributed by atoms with Gasteiger partial charge in [0, 0.05) is 11.3 Å². The number of nitrogens with two attached hydrogens (primary N) is 1. The first-order chi connectivity index (χ1) is 11.2. The third-order valence-corrected chi connectivity index (χ3v) is 3.22. The zero-order chi connectivity index (χ0) is 17.9. The molecule has 0 saturated heterocycles. The zero-order valence-corrected chi connectivity index (χ0v) is 12.9. The summed E-state index contributed by atoms with van der Waals surface area (Å²) in [4.78, 5) is 16.7. The van der Waals surface area contributed by atoms with Gasteiger partial charge in [-0.05, 0) is 19.9 Å². The molecule has 2 N–H and O–H groups in total. The topological polar surface area (TPSA) is 82.5 Å².